The maximum atomic E-state index is 13.0. The Kier molecular flexibility index (Phi) is 4.06. The Labute approximate surface area is 160 Å². The van der Waals surface area contributed by atoms with Crippen molar-refractivity contribution >= 4 is 43.9 Å². The molecule has 2 bridgehead atoms. The first-order valence-corrected chi connectivity index (χ1v) is 11.1. The zero-order valence-corrected chi connectivity index (χ0v) is 16.2. The molecule has 0 aromatic carbocycles. The Hall–Kier alpha value is -1.44. The molecule has 2 saturated carbocycles. The van der Waals surface area contributed by atoms with E-state index in [1.54, 1.807) is 22.7 Å². The van der Waals surface area contributed by atoms with Gasteiger partial charge in [-0.1, -0.05) is 0 Å². The van der Waals surface area contributed by atoms with Crippen LogP contribution in [0.2, 0.25) is 0 Å². The van der Waals surface area contributed by atoms with Gasteiger partial charge in [-0.25, -0.2) is 0 Å². The van der Waals surface area contributed by atoms with Gasteiger partial charge in [0.05, 0.1) is 10.8 Å². The summed E-state index contributed by atoms with van der Waals surface area (Å²) in [5.74, 6) is 1.38. The van der Waals surface area contributed by atoms with Crippen LogP contribution in [0, 0.1) is 17.8 Å². The fraction of sp³-hybridized carbons (Fsp3) is 0.579. The highest BCUT2D eigenvalue weighted by Gasteiger charge is 2.50. The fourth-order valence-corrected chi connectivity index (χ4v) is 7.15. The molecule has 2 aromatic rings. The second kappa shape index (κ2) is 6.32. The Morgan fingerprint density at radius 1 is 1.04 bits per heavy atom. The third-order valence-corrected chi connectivity index (χ3v) is 8.58. The highest BCUT2D eigenvalue weighted by atomic mass is 32.1. The monoisotopic (exact) mass is 389 g/mol. The SMILES string of the molecule is NC1C2CCC(C2)C1C(=O)N1CCN(C(=O)c2cc3sccc3s2)CC1. The predicted molar refractivity (Wildman–Crippen MR) is 104 cm³/mol. The normalized spacial score (nSPS) is 31.1. The van der Waals surface area contributed by atoms with E-state index in [1.165, 1.54) is 15.8 Å². The van der Waals surface area contributed by atoms with Crippen LogP contribution in [-0.4, -0.2) is 53.8 Å². The van der Waals surface area contributed by atoms with Crippen LogP contribution in [0.1, 0.15) is 28.9 Å². The van der Waals surface area contributed by atoms with Crippen LogP contribution in [0.4, 0.5) is 0 Å². The molecule has 2 aliphatic carbocycles. The van der Waals surface area contributed by atoms with E-state index in [9.17, 15) is 9.59 Å². The molecule has 26 heavy (non-hydrogen) atoms. The van der Waals surface area contributed by atoms with Gasteiger partial charge in [0.1, 0.15) is 0 Å². The smallest absolute Gasteiger partial charge is 0.264 e. The maximum Gasteiger partial charge on any atom is 0.264 e. The summed E-state index contributed by atoms with van der Waals surface area (Å²) in [6.07, 6.45) is 3.48. The first kappa shape index (κ1) is 16.7. The van der Waals surface area contributed by atoms with Gasteiger partial charge in [0.15, 0.2) is 0 Å². The summed E-state index contributed by atoms with van der Waals surface area (Å²) < 4.78 is 2.36. The summed E-state index contributed by atoms with van der Waals surface area (Å²) in [6, 6.07) is 4.11. The molecule has 5 nitrogen and oxygen atoms in total. The van der Waals surface area contributed by atoms with E-state index in [1.807, 2.05) is 15.9 Å². The molecule has 138 valence electrons. The van der Waals surface area contributed by atoms with Crippen molar-refractivity contribution in [3.8, 4) is 0 Å². The summed E-state index contributed by atoms with van der Waals surface area (Å²) in [5, 5.41) is 2.06. The summed E-state index contributed by atoms with van der Waals surface area (Å²) in [7, 11) is 0. The maximum absolute atomic E-state index is 13.0. The van der Waals surface area contributed by atoms with Crippen LogP contribution >= 0.6 is 22.7 Å². The van der Waals surface area contributed by atoms with Gasteiger partial charge in [0.25, 0.3) is 5.91 Å². The third kappa shape index (κ3) is 2.60. The number of thiophene rings is 2. The number of hydrogen-bond acceptors (Lipinski definition) is 5. The van der Waals surface area contributed by atoms with Gasteiger partial charge in [0, 0.05) is 41.6 Å². The number of rotatable bonds is 2. The van der Waals surface area contributed by atoms with E-state index in [0.29, 0.717) is 38.0 Å². The molecule has 3 heterocycles. The number of nitrogens with two attached hydrogens (primary N) is 1. The molecule has 0 spiro atoms. The van der Waals surface area contributed by atoms with Crippen molar-refractivity contribution in [2.75, 3.05) is 26.2 Å². The quantitative estimate of drug-likeness (QED) is 0.859. The largest absolute Gasteiger partial charge is 0.339 e. The molecule has 1 aliphatic heterocycles. The lowest BCUT2D eigenvalue weighted by Gasteiger charge is -2.38. The molecule has 4 unspecified atom stereocenters. The number of piperazine rings is 1. The summed E-state index contributed by atoms with van der Waals surface area (Å²) in [6.45, 7) is 2.49. The number of carbonyl (C=O) groups excluding carboxylic acids is 2. The summed E-state index contributed by atoms with van der Waals surface area (Å²) in [4.78, 5) is 30.4. The van der Waals surface area contributed by atoms with Gasteiger partial charge in [-0.3, -0.25) is 9.59 Å². The van der Waals surface area contributed by atoms with E-state index < -0.39 is 0 Å². The first-order valence-electron chi connectivity index (χ1n) is 9.42. The Balaban J connectivity index is 1.22. The second-order valence-corrected chi connectivity index (χ2v) is 9.85. The van der Waals surface area contributed by atoms with Crippen LogP contribution in [0.15, 0.2) is 17.5 Å². The van der Waals surface area contributed by atoms with E-state index in [-0.39, 0.29) is 23.8 Å². The van der Waals surface area contributed by atoms with Gasteiger partial charge in [-0.05, 0) is 48.6 Å². The average Bonchev–Trinajstić information content (AvgIpc) is 3.40. The van der Waals surface area contributed by atoms with Crippen molar-refractivity contribution in [3.05, 3.63) is 22.4 Å². The Morgan fingerprint density at radius 3 is 2.46 bits per heavy atom. The van der Waals surface area contributed by atoms with Gasteiger partial charge < -0.3 is 15.5 Å². The van der Waals surface area contributed by atoms with Crippen LogP contribution in [-0.2, 0) is 4.79 Å². The molecule has 7 heteroatoms. The third-order valence-electron chi connectivity index (χ3n) is 6.49. The first-order chi connectivity index (χ1) is 12.6. The molecule has 3 fully saturated rings. The van der Waals surface area contributed by atoms with E-state index in [0.717, 1.165) is 17.7 Å². The molecular formula is C19H23N3O2S2. The predicted octanol–water partition coefficient (Wildman–Crippen LogP) is 2.62. The number of amides is 2. The minimum absolute atomic E-state index is 0.0140. The van der Waals surface area contributed by atoms with Gasteiger partial charge in [0.2, 0.25) is 5.91 Å². The highest BCUT2D eigenvalue weighted by molar-refractivity contribution is 7.27. The van der Waals surface area contributed by atoms with Crippen LogP contribution in [0.3, 0.4) is 0 Å². The van der Waals surface area contributed by atoms with Gasteiger partial charge in [-0.2, -0.15) is 0 Å². The lowest BCUT2D eigenvalue weighted by atomic mass is 9.84. The zero-order chi connectivity index (χ0) is 17.8. The van der Waals surface area contributed by atoms with Crippen LogP contribution < -0.4 is 5.73 Å². The van der Waals surface area contributed by atoms with Crippen molar-refractivity contribution < 1.29 is 9.59 Å². The van der Waals surface area contributed by atoms with Crippen molar-refractivity contribution in [1.29, 1.82) is 0 Å². The molecule has 2 amide bonds. The fourth-order valence-electron chi connectivity index (χ4n) is 5.07. The van der Waals surface area contributed by atoms with E-state index in [4.69, 9.17) is 5.73 Å². The molecular weight excluding hydrogens is 366 g/mol. The zero-order valence-electron chi connectivity index (χ0n) is 14.6. The standard InChI is InChI=1S/C19H23N3O2S2/c20-17-12-2-1-11(9-12)16(17)19(24)22-6-4-21(5-7-22)18(23)15-10-14-13(26-15)3-8-25-14/h3,8,10-12,16-17H,1-2,4-7,9,20H2. The molecule has 0 radical (unpaired) electrons. The Morgan fingerprint density at radius 2 is 1.77 bits per heavy atom. The number of nitrogens with zero attached hydrogens (tertiary/aromatic N) is 2. The minimum atomic E-state index is 0.0140. The van der Waals surface area contributed by atoms with Crippen molar-refractivity contribution in [2.24, 2.45) is 23.5 Å². The topological polar surface area (TPSA) is 66.6 Å². The number of fused-ring (bicyclic) bond motifs is 3. The summed E-state index contributed by atoms with van der Waals surface area (Å²) in [5.41, 5.74) is 6.34. The van der Waals surface area contributed by atoms with E-state index >= 15 is 0 Å². The van der Waals surface area contributed by atoms with E-state index in [2.05, 4.69) is 11.4 Å². The second-order valence-electron chi connectivity index (χ2n) is 7.81. The van der Waals surface area contributed by atoms with Crippen LogP contribution in [0.25, 0.3) is 9.40 Å². The molecule has 2 N–H and O–H groups in total. The lowest BCUT2D eigenvalue weighted by Crippen LogP contribution is -2.54. The molecule has 3 aliphatic rings. The highest BCUT2D eigenvalue weighted by Crippen LogP contribution is 2.48. The molecule has 1 saturated heterocycles. The van der Waals surface area contributed by atoms with Crippen LogP contribution in [0.5, 0.6) is 0 Å². The van der Waals surface area contributed by atoms with Crippen molar-refractivity contribution in [1.82, 2.24) is 9.80 Å². The minimum Gasteiger partial charge on any atom is -0.339 e. The lowest BCUT2D eigenvalue weighted by molar-refractivity contribution is -0.139. The number of carbonyl (C=O) groups is 2. The van der Waals surface area contributed by atoms with Gasteiger partial charge >= 0.3 is 0 Å². The Bertz CT molecular complexity index is 821. The average molecular weight is 390 g/mol. The molecule has 4 atom stereocenters. The summed E-state index contributed by atoms with van der Waals surface area (Å²) >= 11 is 3.24. The number of hydrogen-bond donors (Lipinski definition) is 1. The molecule has 2 aromatic heterocycles. The van der Waals surface area contributed by atoms with Crippen molar-refractivity contribution in [3.63, 3.8) is 0 Å². The van der Waals surface area contributed by atoms with Crippen molar-refractivity contribution in [2.45, 2.75) is 25.3 Å². The van der Waals surface area contributed by atoms with Gasteiger partial charge in [-0.15, -0.1) is 22.7 Å². The molecule has 5 rings (SSSR count).